The topological polar surface area (TPSA) is 49.3 Å². The molecule has 2 rings (SSSR count). The van der Waals surface area contributed by atoms with E-state index >= 15 is 0 Å². The molecule has 0 radical (unpaired) electrons. The Kier molecular flexibility index (Phi) is 3.53. The summed E-state index contributed by atoms with van der Waals surface area (Å²) in [6, 6.07) is 11.7. The van der Waals surface area contributed by atoms with Crippen LogP contribution < -0.4 is 5.32 Å². The molecule has 0 saturated carbocycles. The van der Waals surface area contributed by atoms with E-state index in [1.54, 1.807) is 0 Å². The molecule has 18 heavy (non-hydrogen) atoms. The summed E-state index contributed by atoms with van der Waals surface area (Å²) in [5.74, 6) is -0.340. The van der Waals surface area contributed by atoms with Gasteiger partial charge in [0.15, 0.2) is 0 Å². The standard InChI is InChI=1S/C14H12ClNO2/c1-9-2-4-10(5-3-9)16-14(18)12-8-11(17)6-7-13(12)15/h2-8,17H,1H3,(H,16,18). The van der Waals surface area contributed by atoms with Crippen molar-refractivity contribution in [3.8, 4) is 5.75 Å². The normalized spacial score (nSPS) is 10.1. The quantitative estimate of drug-likeness (QED) is 0.868. The highest BCUT2D eigenvalue weighted by atomic mass is 35.5. The largest absolute Gasteiger partial charge is 0.508 e. The van der Waals surface area contributed by atoms with E-state index in [-0.39, 0.29) is 17.2 Å². The molecular formula is C14H12ClNO2. The Bertz CT molecular complexity index is 579. The zero-order chi connectivity index (χ0) is 13.1. The number of carbonyl (C=O) groups is 1. The molecule has 2 aromatic rings. The fourth-order valence-electron chi connectivity index (χ4n) is 1.52. The summed E-state index contributed by atoms with van der Waals surface area (Å²) in [5.41, 5.74) is 2.05. The zero-order valence-electron chi connectivity index (χ0n) is 9.77. The number of nitrogens with one attached hydrogen (secondary N) is 1. The lowest BCUT2D eigenvalue weighted by Crippen LogP contribution is -2.12. The van der Waals surface area contributed by atoms with E-state index in [0.717, 1.165) is 5.56 Å². The van der Waals surface area contributed by atoms with Gasteiger partial charge in [0, 0.05) is 5.69 Å². The number of anilines is 1. The smallest absolute Gasteiger partial charge is 0.257 e. The van der Waals surface area contributed by atoms with Crippen LogP contribution in [0.2, 0.25) is 5.02 Å². The number of carbonyl (C=O) groups excluding carboxylic acids is 1. The number of rotatable bonds is 2. The van der Waals surface area contributed by atoms with E-state index in [1.807, 2.05) is 31.2 Å². The van der Waals surface area contributed by atoms with Crippen LogP contribution in [0.3, 0.4) is 0 Å². The zero-order valence-corrected chi connectivity index (χ0v) is 10.5. The van der Waals surface area contributed by atoms with Crippen molar-refractivity contribution in [3.05, 3.63) is 58.6 Å². The lowest BCUT2D eigenvalue weighted by molar-refractivity contribution is 0.102. The molecule has 0 heterocycles. The maximum absolute atomic E-state index is 12.0. The number of phenolic OH excluding ortho intramolecular Hbond substituents is 1. The number of phenols is 1. The summed E-state index contributed by atoms with van der Waals surface area (Å²) in [4.78, 5) is 12.0. The number of benzene rings is 2. The van der Waals surface area contributed by atoms with Crippen LogP contribution in [0, 0.1) is 6.92 Å². The molecule has 0 aliphatic heterocycles. The van der Waals surface area contributed by atoms with Gasteiger partial charge < -0.3 is 10.4 Å². The highest BCUT2D eigenvalue weighted by Gasteiger charge is 2.11. The number of aromatic hydroxyl groups is 1. The molecule has 1 amide bonds. The lowest BCUT2D eigenvalue weighted by atomic mass is 10.2. The summed E-state index contributed by atoms with van der Waals surface area (Å²) >= 11 is 5.91. The van der Waals surface area contributed by atoms with Gasteiger partial charge in [-0.3, -0.25) is 4.79 Å². The second-order valence-electron chi connectivity index (χ2n) is 3.98. The number of amides is 1. The van der Waals surface area contributed by atoms with Crippen LogP contribution in [0.15, 0.2) is 42.5 Å². The predicted molar refractivity (Wildman–Crippen MR) is 72.2 cm³/mol. The first kappa shape index (κ1) is 12.5. The highest BCUT2D eigenvalue weighted by Crippen LogP contribution is 2.22. The Morgan fingerprint density at radius 3 is 2.50 bits per heavy atom. The van der Waals surface area contributed by atoms with Crippen LogP contribution in [0.25, 0.3) is 0 Å². The van der Waals surface area contributed by atoms with Gasteiger partial charge in [-0.25, -0.2) is 0 Å². The fraction of sp³-hybridized carbons (Fsp3) is 0.0714. The summed E-state index contributed by atoms with van der Waals surface area (Å²) in [6.07, 6.45) is 0. The number of hydrogen-bond donors (Lipinski definition) is 2. The van der Waals surface area contributed by atoms with Crippen LogP contribution in [0.4, 0.5) is 5.69 Å². The van der Waals surface area contributed by atoms with Gasteiger partial charge in [0.25, 0.3) is 5.91 Å². The van der Waals surface area contributed by atoms with Crippen molar-refractivity contribution in [1.82, 2.24) is 0 Å². The van der Waals surface area contributed by atoms with Gasteiger partial charge >= 0.3 is 0 Å². The Morgan fingerprint density at radius 2 is 1.83 bits per heavy atom. The summed E-state index contributed by atoms with van der Waals surface area (Å²) < 4.78 is 0. The molecule has 2 N–H and O–H groups in total. The maximum atomic E-state index is 12.0. The molecule has 0 spiro atoms. The monoisotopic (exact) mass is 261 g/mol. The molecule has 0 bridgehead atoms. The van der Waals surface area contributed by atoms with Crippen molar-refractivity contribution in [2.75, 3.05) is 5.32 Å². The number of hydrogen-bond acceptors (Lipinski definition) is 2. The molecule has 0 fully saturated rings. The average molecular weight is 262 g/mol. The van der Waals surface area contributed by atoms with E-state index in [9.17, 15) is 9.90 Å². The van der Waals surface area contributed by atoms with Gasteiger partial charge in [-0.05, 0) is 37.3 Å². The Morgan fingerprint density at radius 1 is 1.17 bits per heavy atom. The van der Waals surface area contributed by atoms with Crippen molar-refractivity contribution in [3.63, 3.8) is 0 Å². The van der Waals surface area contributed by atoms with Crippen LogP contribution >= 0.6 is 11.6 Å². The van der Waals surface area contributed by atoms with E-state index in [1.165, 1.54) is 18.2 Å². The molecule has 2 aromatic carbocycles. The van der Waals surface area contributed by atoms with Crippen molar-refractivity contribution < 1.29 is 9.90 Å². The van der Waals surface area contributed by atoms with Crippen molar-refractivity contribution >= 4 is 23.2 Å². The van der Waals surface area contributed by atoms with Crippen LogP contribution in [0.1, 0.15) is 15.9 Å². The van der Waals surface area contributed by atoms with Gasteiger partial charge in [-0.2, -0.15) is 0 Å². The maximum Gasteiger partial charge on any atom is 0.257 e. The molecule has 0 aliphatic carbocycles. The first-order valence-corrected chi connectivity index (χ1v) is 5.80. The fourth-order valence-corrected chi connectivity index (χ4v) is 1.73. The summed E-state index contributed by atoms with van der Waals surface area (Å²) in [6.45, 7) is 1.97. The second kappa shape index (κ2) is 5.10. The van der Waals surface area contributed by atoms with Crippen molar-refractivity contribution in [1.29, 1.82) is 0 Å². The third kappa shape index (κ3) is 2.81. The molecule has 0 aromatic heterocycles. The van der Waals surface area contributed by atoms with Gasteiger partial charge in [0.1, 0.15) is 5.75 Å². The first-order chi connectivity index (χ1) is 8.56. The Labute approximate surface area is 110 Å². The van der Waals surface area contributed by atoms with Crippen LogP contribution in [-0.2, 0) is 0 Å². The molecule has 0 aliphatic rings. The van der Waals surface area contributed by atoms with Crippen LogP contribution in [0.5, 0.6) is 5.75 Å². The van der Waals surface area contributed by atoms with Gasteiger partial charge in [0.05, 0.1) is 10.6 Å². The molecule has 0 unspecified atom stereocenters. The predicted octanol–water partition coefficient (Wildman–Crippen LogP) is 3.61. The minimum atomic E-state index is -0.347. The van der Waals surface area contributed by atoms with E-state index in [4.69, 9.17) is 11.6 Å². The van der Waals surface area contributed by atoms with E-state index in [0.29, 0.717) is 10.7 Å². The second-order valence-corrected chi connectivity index (χ2v) is 4.39. The molecular weight excluding hydrogens is 250 g/mol. The summed E-state index contributed by atoms with van der Waals surface area (Å²) in [5, 5.41) is 12.4. The van der Waals surface area contributed by atoms with E-state index in [2.05, 4.69) is 5.32 Å². The van der Waals surface area contributed by atoms with Gasteiger partial charge in [0.2, 0.25) is 0 Å². The van der Waals surface area contributed by atoms with Crippen molar-refractivity contribution in [2.24, 2.45) is 0 Å². The minimum Gasteiger partial charge on any atom is -0.508 e. The number of halogens is 1. The Hall–Kier alpha value is -2.00. The number of aryl methyl sites for hydroxylation is 1. The highest BCUT2D eigenvalue weighted by molar-refractivity contribution is 6.34. The summed E-state index contributed by atoms with van der Waals surface area (Å²) in [7, 11) is 0. The third-order valence-electron chi connectivity index (χ3n) is 2.50. The lowest BCUT2D eigenvalue weighted by Gasteiger charge is -2.07. The molecule has 0 saturated heterocycles. The Balaban J connectivity index is 2.21. The van der Waals surface area contributed by atoms with Gasteiger partial charge in [-0.1, -0.05) is 29.3 Å². The molecule has 92 valence electrons. The van der Waals surface area contributed by atoms with Crippen molar-refractivity contribution in [2.45, 2.75) is 6.92 Å². The van der Waals surface area contributed by atoms with Gasteiger partial charge in [-0.15, -0.1) is 0 Å². The van der Waals surface area contributed by atoms with Crippen LogP contribution in [-0.4, -0.2) is 11.0 Å². The average Bonchev–Trinajstić information content (AvgIpc) is 2.35. The third-order valence-corrected chi connectivity index (χ3v) is 2.83. The minimum absolute atomic E-state index is 0.00783. The molecule has 0 atom stereocenters. The molecule has 4 heteroatoms. The van der Waals surface area contributed by atoms with E-state index < -0.39 is 0 Å². The molecule has 3 nitrogen and oxygen atoms in total. The SMILES string of the molecule is Cc1ccc(NC(=O)c2cc(O)ccc2Cl)cc1. The first-order valence-electron chi connectivity index (χ1n) is 5.43.